The molecule has 0 aliphatic rings. The second-order valence-electron chi connectivity index (χ2n) is 4.81. The van der Waals surface area contributed by atoms with Crippen LogP contribution < -0.4 is 10.1 Å². The molecule has 0 saturated heterocycles. The summed E-state index contributed by atoms with van der Waals surface area (Å²) in [5.41, 5.74) is 1.24. The molecule has 0 unspecified atom stereocenters. The first-order valence-corrected chi connectivity index (χ1v) is 9.49. The Morgan fingerprint density at radius 2 is 2.00 bits per heavy atom. The van der Waals surface area contributed by atoms with Crippen molar-refractivity contribution in [2.75, 3.05) is 11.1 Å². The molecule has 23 heavy (non-hydrogen) atoms. The van der Waals surface area contributed by atoms with E-state index in [-0.39, 0.29) is 5.91 Å². The molecule has 1 N–H and O–H groups in total. The molecule has 2 rings (SSSR count). The molecule has 1 aromatic heterocycles. The first-order chi connectivity index (χ1) is 11.2. The minimum atomic E-state index is -0.548. The number of aromatic nitrogens is 2. The Hall–Kier alpha value is -1.60. The Balaban J connectivity index is 1.96. The molecule has 2 aromatic rings. The van der Waals surface area contributed by atoms with E-state index in [1.54, 1.807) is 11.8 Å². The smallest absolute Gasteiger partial charge is 0.267 e. The summed E-state index contributed by atoms with van der Waals surface area (Å²) in [5.74, 6) is 1.43. The first kappa shape index (κ1) is 17.7. The summed E-state index contributed by atoms with van der Waals surface area (Å²) >= 11 is 2.98. The number of carbonyl (C=O) groups excluding carboxylic acids is 1. The van der Waals surface area contributed by atoms with Crippen molar-refractivity contribution in [1.29, 1.82) is 0 Å². The van der Waals surface area contributed by atoms with Gasteiger partial charge >= 0.3 is 0 Å². The maximum Gasteiger partial charge on any atom is 0.267 e. The average Bonchev–Trinajstić information content (AvgIpc) is 3.00. The minimum Gasteiger partial charge on any atom is -0.481 e. The van der Waals surface area contributed by atoms with E-state index in [2.05, 4.69) is 29.4 Å². The van der Waals surface area contributed by atoms with Crippen LogP contribution >= 0.6 is 23.1 Å². The number of hydrogen-bond acceptors (Lipinski definition) is 6. The van der Waals surface area contributed by atoms with Crippen molar-refractivity contribution in [3.63, 3.8) is 0 Å². The highest BCUT2D eigenvalue weighted by Crippen LogP contribution is 2.25. The molecule has 0 saturated carbocycles. The number of amides is 1. The number of nitrogens with zero attached hydrogens (tertiary/aromatic N) is 2. The molecule has 1 amide bonds. The normalized spacial score (nSPS) is 12.0. The van der Waals surface area contributed by atoms with Crippen LogP contribution in [0.4, 0.5) is 5.13 Å². The van der Waals surface area contributed by atoms with Crippen molar-refractivity contribution in [2.24, 2.45) is 0 Å². The summed E-state index contributed by atoms with van der Waals surface area (Å²) in [4.78, 5) is 12.3. The van der Waals surface area contributed by atoms with E-state index in [0.717, 1.165) is 16.5 Å². The van der Waals surface area contributed by atoms with Crippen LogP contribution in [0.15, 0.2) is 28.6 Å². The number of nitrogens with one attached hydrogen (secondary N) is 1. The summed E-state index contributed by atoms with van der Waals surface area (Å²) in [6.45, 7) is 6.07. The van der Waals surface area contributed by atoms with Gasteiger partial charge < -0.3 is 4.74 Å². The number of ether oxygens (including phenoxy) is 1. The third kappa shape index (κ3) is 5.21. The van der Waals surface area contributed by atoms with Gasteiger partial charge in [0, 0.05) is 0 Å². The SMILES string of the molecule is CCSc1nnc(NC(=O)[C@@H](CC)Oc2ccc(CC)cc2)s1. The molecule has 1 atom stereocenters. The monoisotopic (exact) mass is 351 g/mol. The van der Waals surface area contributed by atoms with Crippen molar-refractivity contribution in [3.05, 3.63) is 29.8 Å². The maximum absolute atomic E-state index is 12.3. The third-order valence-corrected chi connectivity index (χ3v) is 5.03. The number of anilines is 1. The number of aryl methyl sites for hydroxylation is 1. The molecular formula is C16H21N3O2S2. The van der Waals surface area contributed by atoms with Gasteiger partial charge in [-0.05, 0) is 36.3 Å². The highest BCUT2D eigenvalue weighted by molar-refractivity contribution is 8.01. The summed E-state index contributed by atoms with van der Waals surface area (Å²) in [5, 5.41) is 11.3. The Morgan fingerprint density at radius 3 is 2.61 bits per heavy atom. The summed E-state index contributed by atoms with van der Waals surface area (Å²) in [7, 11) is 0. The lowest BCUT2D eigenvalue weighted by atomic mass is 10.2. The van der Waals surface area contributed by atoms with Crippen LogP contribution in [0.2, 0.25) is 0 Å². The van der Waals surface area contributed by atoms with Crippen LogP contribution in [-0.4, -0.2) is 28.0 Å². The zero-order valence-corrected chi connectivity index (χ0v) is 15.2. The van der Waals surface area contributed by atoms with Crippen LogP contribution in [0.25, 0.3) is 0 Å². The Morgan fingerprint density at radius 1 is 1.26 bits per heavy atom. The van der Waals surface area contributed by atoms with Crippen LogP contribution in [0.3, 0.4) is 0 Å². The second kappa shape index (κ2) is 8.88. The van der Waals surface area contributed by atoms with Crippen LogP contribution in [0, 0.1) is 0 Å². The average molecular weight is 351 g/mol. The maximum atomic E-state index is 12.3. The first-order valence-electron chi connectivity index (χ1n) is 7.69. The molecule has 5 nitrogen and oxygen atoms in total. The molecule has 124 valence electrons. The molecule has 1 heterocycles. The summed E-state index contributed by atoms with van der Waals surface area (Å²) in [6.07, 6.45) is 1.01. The third-order valence-electron chi connectivity index (χ3n) is 3.18. The van der Waals surface area contributed by atoms with Gasteiger partial charge in [-0.1, -0.05) is 56.0 Å². The fourth-order valence-corrected chi connectivity index (χ4v) is 3.57. The zero-order chi connectivity index (χ0) is 16.7. The Labute approximate surface area is 144 Å². The molecule has 0 aliphatic carbocycles. The lowest BCUT2D eigenvalue weighted by molar-refractivity contribution is -0.122. The van der Waals surface area contributed by atoms with Gasteiger partial charge in [-0.3, -0.25) is 10.1 Å². The van der Waals surface area contributed by atoms with Gasteiger partial charge in [-0.2, -0.15) is 0 Å². The van der Waals surface area contributed by atoms with E-state index in [0.29, 0.717) is 17.3 Å². The number of benzene rings is 1. The van der Waals surface area contributed by atoms with Gasteiger partial charge in [0.05, 0.1) is 0 Å². The molecule has 0 spiro atoms. The zero-order valence-electron chi connectivity index (χ0n) is 13.5. The van der Waals surface area contributed by atoms with Crippen molar-refractivity contribution >= 4 is 34.1 Å². The highest BCUT2D eigenvalue weighted by atomic mass is 32.2. The topological polar surface area (TPSA) is 64.1 Å². The Kier molecular flexibility index (Phi) is 6.85. The molecule has 0 bridgehead atoms. The van der Waals surface area contributed by atoms with Gasteiger partial charge in [-0.15, -0.1) is 10.2 Å². The predicted octanol–water partition coefficient (Wildman–Crippen LogP) is 4.01. The van der Waals surface area contributed by atoms with Gasteiger partial charge in [-0.25, -0.2) is 0 Å². The van der Waals surface area contributed by atoms with Gasteiger partial charge in [0.25, 0.3) is 5.91 Å². The number of rotatable bonds is 8. The number of carbonyl (C=O) groups is 1. The van der Waals surface area contributed by atoms with Gasteiger partial charge in [0.15, 0.2) is 10.4 Å². The van der Waals surface area contributed by atoms with E-state index < -0.39 is 6.10 Å². The molecule has 0 aliphatic heterocycles. The van der Waals surface area contributed by atoms with Crippen LogP contribution in [0.5, 0.6) is 5.75 Å². The van der Waals surface area contributed by atoms with Crippen LogP contribution in [0.1, 0.15) is 32.8 Å². The van der Waals surface area contributed by atoms with Crippen molar-refractivity contribution in [1.82, 2.24) is 10.2 Å². The molecule has 7 heteroatoms. The van der Waals surface area contributed by atoms with Crippen LogP contribution in [-0.2, 0) is 11.2 Å². The lowest BCUT2D eigenvalue weighted by Crippen LogP contribution is -2.32. The molecule has 0 radical (unpaired) electrons. The quantitative estimate of drug-likeness (QED) is 0.575. The molecule has 0 fully saturated rings. The van der Waals surface area contributed by atoms with Gasteiger partial charge in [0.2, 0.25) is 5.13 Å². The number of hydrogen-bond donors (Lipinski definition) is 1. The van der Waals surface area contributed by atoms with E-state index in [1.165, 1.54) is 16.9 Å². The standard InChI is InChI=1S/C16H21N3O2S2/c1-4-11-7-9-12(10-8-11)21-13(5-2)14(20)17-15-18-19-16(23-15)22-6-3/h7-10,13H,4-6H2,1-3H3,(H,17,18,20)/t13-/m1/s1. The predicted molar refractivity (Wildman–Crippen MR) is 95.5 cm³/mol. The van der Waals surface area contributed by atoms with Crippen molar-refractivity contribution < 1.29 is 9.53 Å². The highest BCUT2D eigenvalue weighted by Gasteiger charge is 2.20. The van der Waals surface area contributed by atoms with Crippen molar-refractivity contribution in [2.45, 2.75) is 44.1 Å². The minimum absolute atomic E-state index is 0.198. The van der Waals surface area contributed by atoms with Crippen molar-refractivity contribution in [3.8, 4) is 5.75 Å². The van der Waals surface area contributed by atoms with E-state index in [4.69, 9.17) is 4.74 Å². The fourth-order valence-electron chi connectivity index (χ4n) is 1.92. The molecular weight excluding hydrogens is 330 g/mol. The van der Waals surface area contributed by atoms with E-state index >= 15 is 0 Å². The summed E-state index contributed by atoms with van der Waals surface area (Å²) < 4.78 is 6.64. The van der Waals surface area contributed by atoms with Gasteiger partial charge in [0.1, 0.15) is 5.75 Å². The number of thioether (sulfide) groups is 1. The van der Waals surface area contributed by atoms with E-state index in [1.807, 2.05) is 31.2 Å². The second-order valence-corrected chi connectivity index (χ2v) is 7.30. The Bertz CT molecular complexity index is 629. The largest absolute Gasteiger partial charge is 0.481 e. The van der Waals surface area contributed by atoms with E-state index in [9.17, 15) is 4.79 Å². The fraction of sp³-hybridized carbons (Fsp3) is 0.438. The molecule has 1 aromatic carbocycles. The lowest BCUT2D eigenvalue weighted by Gasteiger charge is -2.16. The summed E-state index contributed by atoms with van der Waals surface area (Å²) in [6, 6.07) is 7.82.